The first-order valence-electron chi connectivity index (χ1n) is 10.4. The number of carbonyl (C=O) groups excluding carboxylic acids is 1. The maximum atomic E-state index is 13.3. The van der Waals surface area contributed by atoms with E-state index in [0.29, 0.717) is 19.5 Å². The molecule has 0 aliphatic carbocycles. The lowest BCUT2D eigenvalue weighted by atomic mass is 10.1. The number of carbonyl (C=O) groups is 1. The van der Waals surface area contributed by atoms with Gasteiger partial charge in [0, 0.05) is 31.1 Å². The molecule has 1 aromatic heterocycles. The Hall–Kier alpha value is -3.73. The van der Waals surface area contributed by atoms with E-state index in [1.165, 1.54) is 12.1 Å². The van der Waals surface area contributed by atoms with Crippen LogP contribution in [0.3, 0.4) is 0 Å². The zero-order valence-electron chi connectivity index (χ0n) is 17.0. The molecule has 0 saturated carbocycles. The standard InChI is InChI=1S/C26H22FN3O/c27-21-12-14-22(15-13-21)30-18-20(17-25(30)31)26-28-23-10-4-5-11-24(23)29(26)16-6-9-19-7-2-1-3-8-19/h1-15,20H,16-18H2/b9-6+. The number of hydrogen-bond acceptors (Lipinski definition) is 2. The lowest BCUT2D eigenvalue weighted by molar-refractivity contribution is -0.117. The Labute approximate surface area is 180 Å². The van der Waals surface area contributed by atoms with E-state index in [2.05, 4.69) is 34.9 Å². The Kier molecular flexibility index (Phi) is 5.08. The van der Waals surface area contributed by atoms with Crippen molar-refractivity contribution in [2.75, 3.05) is 11.4 Å². The number of benzene rings is 3. The number of halogens is 1. The second-order valence-corrected chi connectivity index (χ2v) is 7.76. The summed E-state index contributed by atoms with van der Waals surface area (Å²) in [6, 6.07) is 24.3. The SMILES string of the molecule is O=C1CC(c2nc3ccccc3n2C/C=C/c2ccccc2)CN1c1ccc(F)cc1. The maximum Gasteiger partial charge on any atom is 0.227 e. The molecule has 31 heavy (non-hydrogen) atoms. The minimum Gasteiger partial charge on any atom is -0.324 e. The molecule has 0 N–H and O–H groups in total. The van der Waals surface area contributed by atoms with Gasteiger partial charge in [0.25, 0.3) is 0 Å². The predicted molar refractivity (Wildman–Crippen MR) is 121 cm³/mol. The molecule has 1 aliphatic rings. The van der Waals surface area contributed by atoms with E-state index in [1.807, 2.05) is 36.4 Å². The normalized spacial score (nSPS) is 16.6. The molecule has 4 aromatic rings. The average Bonchev–Trinajstić information content (AvgIpc) is 3.36. The molecular weight excluding hydrogens is 389 g/mol. The van der Waals surface area contributed by atoms with Crippen LogP contribution >= 0.6 is 0 Å². The van der Waals surface area contributed by atoms with Crippen LogP contribution in [0.1, 0.15) is 23.7 Å². The van der Waals surface area contributed by atoms with Crippen LogP contribution in [-0.2, 0) is 11.3 Å². The Morgan fingerprint density at radius 1 is 0.968 bits per heavy atom. The number of fused-ring (bicyclic) bond motifs is 1. The highest BCUT2D eigenvalue weighted by molar-refractivity contribution is 5.96. The predicted octanol–water partition coefficient (Wildman–Crippen LogP) is 5.41. The molecule has 0 bridgehead atoms. The zero-order valence-corrected chi connectivity index (χ0v) is 17.0. The number of anilines is 1. The van der Waals surface area contributed by atoms with E-state index in [1.54, 1.807) is 17.0 Å². The van der Waals surface area contributed by atoms with Crippen molar-refractivity contribution >= 4 is 28.7 Å². The van der Waals surface area contributed by atoms with Crippen molar-refractivity contribution in [2.24, 2.45) is 0 Å². The molecule has 2 heterocycles. The molecule has 1 fully saturated rings. The molecular formula is C26H22FN3O. The van der Waals surface area contributed by atoms with Gasteiger partial charge in [0.2, 0.25) is 5.91 Å². The minimum atomic E-state index is -0.307. The van der Waals surface area contributed by atoms with Gasteiger partial charge in [0.15, 0.2) is 0 Å². The Morgan fingerprint density at radius 3 is 2.52 bits per heavy atom. The summed E-state index contributed by atoms with van der Waals surface area (Å²) in [4.78, 5) is 19.4. The summed E-state index contributed by atoms with van der Waals surface area (Å²) in [5, 5.41) is 0. The van der Waals surface area contributed by atoms with E-state index in [-0.39, 0.29) is 17.6 Å². The van der Waals surface area contributed by atoms with Gasteiger partial charge < -0.3 is 9.47 Å². The van der Waals surface area contributed by atoms with Crippen LogP contribution in [0.5, 0.6) is 0 Å². The summed E-state index contributed by atoms with van der Waals surface area (Å²) >= 11 is 0. The van der Waals surface area contributed by atoms with Gasteiger partial charge in [0.1, 0.15) is 11.6 Å². The number of rotatable bonds is 5. The summed E-state index contributed by atoms with van der Waals surface area (Å²) in [7, 11) is 0. The highest BCUT2D eigenvalue weighted by atomic mass is 19.1. The van der Waals surface area contributed by atoms with E-state index >= 15 is 0 Å². The van der Waals surface area contributed by atoms with Crippen molar-refractivity contribution in [3.05, 3.63) is 102 Å². The third-order valence-electron chi connectivity index (χ3n) is 5.71. The molecule has 1 amide bonds. The number of amides is 1. The van der Waals surface area contributed by atoms with Crippen LogP contribution in [0.2, 0.25) is 0 Å². The van der Waals surface area contributed by atoms with Gasteiger partial charge in [-0.15, -0.1) is 0 Å². The average molecular weight is 411 g/mol. The van der Waals surface area contributed by atoms with Gasteiger partial charge in [0.05, 0.1) is 11.0 Å². The van der Waals surface area contributed by atoms with Crippen molar-refractivity contribution in [3.8, 4) is 0 Å². The van der Waals surface area contributed by atoms with Crippen molar-refractivity contribution in [3.63, 3.8) is 0 Å². The van der Waals surface area contributed by atoms with Crippen molar-refractivity contribution in [1.29, 1.82) is 0 Å². The topological polar surface area (TPSA) is 38.1 Å². The Bertz CT molecular complexity index is 1240. The third kappa shape index (κ3) is 3.87. The van der Waals surface area contributed by atoms with Crippen LogP contribution in [0.15, 0.2) is 84.9 Å². The fourth-order valence-electron chi connectivity index (χ4n) is 4.21. The molecule has 5 heteroatoms. The van der Waals surface area contributed by atoms with Gasteiger partial charge in [-0.3, -0.25) is 4.79 Å². The van der Waals surface area contributed by atoms with E-state index in [9.17, 15) is 9.18 Å². The fraction of sp³-hybridized carbons (Fsp3) is 0.154. The lowest BCUT2D eigenvalue weighted by Gasteiger charge is -2.17. The molecule has 1 atom stereocenters. The minimum absolute atomic E-state index is 0.0184. The van der Waals surface area contributed by atoms with Crippen LogP contribution < -0.4 is 4.90 Å². The van der Waals surface area contributed by atoms with Crippen LogP contribution in [0, 0.1) is 5.82 Å². The first-order chi connectivity index (χ1) is 15.2. The van der Waals surface area contributed by atoms with Crippen LogP contribution in [0.25, 0.3) is 17.1 Å². The second-order valence-electron chi connectivity index (χ2n) is 7.76. The van der Waals surface area contributed by atoms with Crippen molar-refractivity contribution in [1.82, 2.24) is 9.55 Å². The molecule has 1 aliphatic heterocycles. The molecule has 5 rings (SSSR count). The smallest absolute Gasteiger partial charge is 0.227 e. The van der Waals surface area contributed by atoms with Crippen molar-refractivity contribution < 1.29 is 9.18 Å². The van der Waals surface area contributed by atoms with Crippen LogP contribution in [-0.4, -0.2) is 22.0 Å². The number of allylic oxidation sites excluding steroid dienone is 1. The van der Waals surface area contributed by atoms with E-state index in [4.69, 9.17) is 4.98 Å². The van der Waals surface area contributed by atoms with Crippen molar-refractivity contribution in [2.45, 2.75) is 18.9 Å². The summed E-state index contributed by atoms with van der Waals surface area (Å²) < 4.78 is 15.5. The molecule has 1 saturated heterocycles. The molecule has 154 valence electrons. The largest absolute Gasteiger partial charge is 0.324 e. The highest BCUT2D eigenvalue weighted by Crippen LogP contribution is 2.33. The first-order valence-corrected chi connectivity index (χ1v) is 10.4. The lowest BCUT2D eigenvalue weighted by Crippen LogP contribution is -2.24. The monoisotopic (exact) mass is 411 g/mol. The van der Waals surface area contributed by atoms with Gasteiger partial charge in [-0.1, -0.05) is 54.6 Å². The van der Waals surface area contributed by atoms with Gasteiger partial charge in [-0.05, 0) is 42.0 Å². The fourth-order valence-corrected chi connectivity index (χ4v) is 4.21. The quantitative estimate of drug-likeness (QED) is 0.440. The first kappa shape index (κ1) is 19.2. The second kappa shape index (κ2) is 8.19. The number of para-hydroxylation sites is 2. The van der Waals surface area contributed by atoms with E-state index in [0.717, 1.165) is 28.1 Å². The molecule has 4 nitrogen and oxygen atoms in total. The Morgan fingerprint density at radius 2 is 1.71 bits per heavy atom. The van der Waals surface area contributed by atoms with Crippen LogP contribution in [0.4, 0.5) is 10.1 Å². The molecule has 0 radical (unpaired) electrons. The maximum absolute atomic E-state index is 13.3. The highest BCUT2D eigenvalue weighted by Gasteiger charge is 2.34. The summed E-state index contributed by atoms with van der Waals surface area (Å²) in [6.07, 6.45) is 4.62. The third-order valence-corrected chi connectivity index (χ3v) is 5.71. The van der Waals surface area contributed by atoms with Gasteiger partial charge in [-0.25, -0.2) is 9.37 Å². The summed E-state index contributed by atoms with van der Waals surface area (Å²) in [5.74, 6) is 0.626. The number of aromatic nitrogens is 2. The molecule has 1 unspecified atom stereocenters. The number of imidazole rings is 1. The molecule has 0 spiro atoms. The number of hydrogen-bond donors (Lipinski definition) is 0. The van der Waals surface area contributed by atoms with E-state index < -0.39 is 0 Å². The Balaban J connectivity index is 1.45. The summed E-state index contributed by atoms with van der Waals surface area (Å²) in [6.45, 7) is 1.21. The molecule has 3 aromatic carbocycles. The summed E-state index contributed by atoms with van der Waals surface area (Å²) in [5.41, 5.74) is 3.86. The van der Waals surface area contributed by atoms with Gasteiger partial charge >= 0.3 is 0 Å². The number of nitrogens with zero attached hydrogens (tertiary/aromatic N) is 3. The van der Waals surface area contributed by atoms with Gasteiger partial charge in [-0.2, -0.15) is 0 Å². The zero-order chi connectivity index (χ0) is 21.2.